The summed E-state index contributed by atoms with van der Waals surface area (Å²) in [7, 11) is 0.905. The van der Waals surface area contributed by atoms with E-state index in [0.29, 0.717) is 17.2 Å². The van der Waals surface area contributed by atoms with E-state index < -0.39 is 16.6 Å². The van der Waals surface area contributed by atoms with Crippen LogP contribution in [-0.4, -0.2) is 38.0 Å². The quantitative estimate of drug-likeness (QED) is 0.240. The van der Waals surface area contributed by atoms with E-state index in [0.717, 1.165) is 22.6 Å². The van der Waals surface area contributed by atoms with Gasteiger partial charge in [0.1, 0.15) is 5.75 Å². The minimum absolute atomic E-state index is 0.0557. The smallest absolute Gasteiger partial charge is 0.250 e. The maximum Gasteiger partial charge on any atom is 0.250 e. The average Bonchev–Trinajstić information content (AvgIpc) is 2.76. The summed E-state index contributed by atoms with van der Waals surface area (Å²) in [6.07, 6.45) is 4.10. The van der Waals surface area contributed by atoms with Crippen molar-refractivity contribution in [2.45, 2.75) is 77.8 Å². The Morgan fingerprint density at radius 2 is 0.972 bits per heavy atom. The van der Waals surface area contributed by atoms with Crippen molar-refractivity contribution in [2.24, 2.45) is 0 Å². The highest BCUT2D eigenvalue weighted by molar-refractivity contribution is 6.75. The van der Waals surface area contributed by atoms with Crippen LogP contribution in [0.1, 0.15) is 52.7 Å². The van der Waals surface area contributed by atoms with Crippen LogP contribution in [0.25, 0.3) is 12.2 Å². The Kier molecular flexibility index (Phi) is 9.06. The summed E-state index contributed by atoms with van der Waals surface area (Å²) in [5, 5.41) is 0.144. The van der Waals surface area contributed by atoms with E-state index >= 15 is 0 Å². The molecule has 0 N–H and O–H groups in total. The molecule has 0 radical (unpaired) electrons. The summed E-state index contributed by atoms with van der Waals surface area (Å²) in [6, 6.07) is 9.99. The van der Waals surface area contributed by atoms with Crippen LogP contribution in [0.3, 0.4) is 0 Å². The molecular formula is C29H46O5Si2. The van der Waals surface area contributed by atoms with E-state index in [1.165, 1.54) is 0 Å². The van der Waals surface area contributed by atoms with Crippen LogP contribution in [0, 0.1) is 0 Å². The summed E-state index contributed by atoms with van der Waals surface area (Å²) in [5.74, 6) is 3.51. The van der Waals surface area contributed by atoms with Gasteiger partial charge >= 0.3 is 0 Å². The molecule has 2 rings (SSSR count). The van der Waals surface area contributed by atoms with Crippen LogP contribution in [-0.2, 0) is 0 Å². The third kappa shape index (κ3) is 6.88. The molecule has 0 saturated heterocycles. The Morgan fingerprint density at radius 3 is 1.42 bits per heavy atom. The fraction of sp³-hybridized carbons (Fsp3) is 0.517. The van der Waals surface area contributed by atoms with Gasteiger partial charge in [-0.2, -0.15) is 0 Å². The molecule has 5 nitrogen and oxygen atoms in total. The predicted octanol–water partition coefficient (Wildman–Crippen LogP) is 8.65. The Balaban J connectivity index is 2.44. The molecule has 0 unspecified atom stereocenters. The van der Waals surface area contributed by atoms with E-state index in [2.05, 4.69) is 73.8 Å². The maximum absolute atomic E-state index is 6.58. The lowest BCUT2D eigenvalue weighted by Gasteiger charge is -2.37. The number of rotatable bonds is 9. The van der Waals surface area contributed by atoms with Crippen molar-refractivity contribution in [2.75, 3.05) is 21.3 Å². The molecule has 200 valence electrons. The first-order valence-corrected chi connectivity index (χ1v) is 18.3. The Hall–Kier alpha value is -2.39. The highest BCUT2D eigenvalue weighted by Gasteiger charge is 2.41. The SMILES string of the molecule is COc1ccc(/C=C/c2cc(OC)c(O[Si](C)(C)C(C)(C)C)c(OC)c2)cc1O[Si](C)(C)C(C)(C)C. The van der Waals surface area contributed by atoms with Gasteiger partial charge in [0.05, 0.1) is 21.3 Å². The summed E-state index contributed by atoms with van der Waals surface area (Å²) in [6.45, 7) is 22.2. The van der Waals surface area contributed by atoms with Gasteiger partial charge in [-0.3, -0.25) is 0 Å². The van der Waals surface area contributed by atoms with Crippen molar-refractivity contribution in [3.63, 3.8) is 0 Å². The van der Waals surface area contributed by atoms with Gasteiger partial charge in [-0.1, -0.05) is 59.8 Å². The van der Waals surface area contributed by atoms with Crippen LogP contribution >= 0.6 is 0 Å². The van der Waals surface area contributed by atoms with Crippen molar-refractivity contribution in [1.29, 1.82) is 0 Å². The first kappa shape index (κ1) is 29.8. The zero-order valence-electron chi connectivity index (χ0n) is 24.6. The second kappa shape index (κ2) is 10.9. The molecule has 0 aliphatic carbocycles. The van der Waals surface area contributed by atoms with Crippen molar-refractivity contribution < 1.29 is 23.1 Å². The molecular weight excluding hydrogens is 484 g/mol. The largest absolute Gasteiger partial charge is 0.541 e. The van der Waals surface area contributed by atoms with Gasteiger partial charge in [0, 0.05) is 0 Å². The molecule has 0 aliphatic heterocycles. The zero-order valence-corrected chi connectivity index (χ0v) is 26.6. The van der Waals surface area contributed by atoms with Gasteiger partial charge in [-0.05, 0) is 71.7 Å². The summed E-state index contributed by atoms with van der Waals surface area (Å²) in [4.78, 5) is 0. The van der Waals surface area contributed by atoms with E-state index in [9.17, 15) is 0 Å². The fourth-order valence-corrected chi connectivity index (χ4v) is 5.04. The molecule has 0 fully saturated rings. The lowest BCUT2D eigenvalue weighted by molar-refractivity contribution is 0.354. The lowest BCUT2D eigenvalue weighted by Crippen LogP contribution is -2.44. The molecule has 2 aromatic rings. The average molecular weight is 531 g/mol. The molecule has 0 atom stereocenters. The van der Waals surface area contributed by atoms with Crippen LogP contribution in [0.5, 0.6) is 28.7 Å². The van der Waals surface area contributed by atoms with Gasteiger partial charge in [0.2, 0.25) is 0 Å². The highest BCUT2D eigenvalue weighted by Crippen LogP contribution is 2.45. The highest BCUT2D eigenvalue weighted by atomic mass is 28.4. The van der Waals surface area contributed by atoms with Crippen LogP contribution < -0.4 is 23.1 Å². The number of hydrogen-bond donors (Lipinski definition) is 0. The molecule has 7 heteroatoms. The van der Waals surface area contributed by atoms with Crippen LogP contribution in [0.4, 0.5) is 0 Å². The van der Waals surface area contributed by atoms with E-state index in [4.69, 9.17) is 23.1 Å². The number of methoxy groups -OCH3 is 3. The summed E-state index contributed by atoms with van der Waals surface area (Å²) < 4.78 is 30.2. The molecule has 36 heavy (non-hydrogen) atoms. The van der Waals surface area contributed by atoms with Crippen molar-refractivity contribution in [1.82, 2.24) is 0 Å². The topological polar surface area (TPSA) is 46.2 Å². The van der Waals surface area contributed by atoms with Crippen molar-refractivity contribution in [3.8, 4) is 28.7 Å². The summed E-state index contributed by atoms with van der Waals surface area (Å²) >= 11 is 0. The Morgan fingerprint density at radius 1 is 0.556 bits per heavy atom. The Bertz CT molecular complexity index is 1050. The molecule has 0 bridgehead atoms. The van der Waals surface area contributed by atoms with Gasteiger partial charge in [-0.15, -0.1) is 0 Å². The zero-order chi connectivity index (χ0) is 27.5. The normalized spacial score (nSPS) is 13.0. The lowest BCUT2D eigenvalue weighted by atomic mass is 10.1. The van der Waals surface area contributed by atoms with Crippen molar-refractivity contribution >= 4 is 28.8 Å². The van der Waals surface area contributed by atoms with Crippen molar-refractivity contribution in [3.05, 3.63) is 41.5 Å². The molecule has 0 amide bonds. The second-order valence-corrected chi connectivity index (χ2v) is 21.7. The monoisotopic (exact) mass is 530 g/mol. The molecule has 0 heterocycles. The van der Waals surface area contributed by atoms with E-state index in [1.807, 2.05) is 36.4 Å². The number of ether oxygens (including phenoxy) is 3. The molecule has 0 aliphatic rings. The standard InChI is InChI=1S/C29H46O5Si2/c1-28(2,3)35(10,11)33-24-18-21(16-17-23(24)30-7)14-15-22-19-25(31-8)27(26(20-22)32-9)34-36(12,13)29(4,5)6/h14-20H,1-13H3/b15-14+. The van der Waals surface area contributed by atoms with E-state index in [1.54, 1.807) is 21.3 Å². The Labute approximate surface area is 221 Å². The van der Waals surface area contributed by atoms with Crippen LogP contribution in [0.2, 0.25) is 36.3 Å². The van der Waals surface area contributed by atoms with Gasteiger partial charge in [0.25, 0.3) is 16.6 Å². The predicted molar refractivity (Wildman–Crippen MR) is 157 cm³/mol. The maximum atomic E-state index is 6.58. The second-order valence-electron chi connectivity index (χ2n) is 12.2. The minimum Gasteiger partial charge on any atom is -0.541 e. The molecule has 2 aromatic carbocycles. The third-order valence-corrected chi connectivity index (χ3v) is 16.1. The molecule has 0 aromatic heterocycles. The molecule has 0 saturated carbocycles. The fourth-order valence-electron chi connectivity index (χ4n) is 3.00. The van der Waals surface area contributed by atoms with Gasteiger partial charge in [-0.25, -0.2) is 0 Å². The first-order valence-electron chi connectivity index (χ1n) is 12.5. The first-order chi connectivity index (χ1) is 16.5. The van der Waals surface area contributed by atoms with Crippen LogP contribution in [0.15, 0.2) is 30.3 Å². The third-order valence-electron chi connectivity index (χ3n) is 7.47. The minimum atomic E-state index is -2.08. The molecule has 0 spiro atoms. The van der Waals surface area contributed by atoms with E-state index in [-0.39, 0.29) is 10.1 Å². The number of hydrogen-bond acceptors (Lipinski definition) is 5. The van der Waals surface area contributed by atoms with Gasteiger partial charge in [0.15, 0.2) is 23.0 Å². The number of benzene rings is 2. The van der Waals surface area contributed by atoms with Gasteiger partial charge < -0.3 is 23.1 Å². The summed E-state index contributed by atoms with van der Waals surface area (Å²) in [5.41, 5.74) is 1.97.